The van der Waals surface area contributed by atoms with E-state index in [0.29, 0.717) is 0 Å². The summed E-state index contributed by atoms with van der Waals surface area (Å²) in [5.74, 6) is 0. The third kappa shape index (κ3) is 10.7. The molecule has 0 atom stereocenters. The lowest BCUT2D eigenvalue weighted by atomic mass is 10.8. The first-order valence-corrected chi connectivity index (χ1v) is 1.62. The molecule has 0 rings (SSSR count). The fraction of sp³-hybridized carbons (Fsp3) is 1.00. The molecule has 0 aliphatic rings. The molecule has 7 heavy (non-hydrogen) atoms. The van der Waals surface area contributed by atoms with Crippen LogP contribution in [0.25, 0.3) is 0 Å². The topological polar surface area (TPSA) is 90.7 Å². The van der Waals surface area contributed by atoms with Crippen molar-refractivity contribution in [2.24, 2.45) is 0 Å². The van der Waals surface area contributed by atoms with E-state index in [4.69, 9.17) is 15.6 Å². The highest BCUT2D eigenvalue weighted by Crippen LogP contribution is 1.81. The van der Waals surface area contributed by atoms with Crippen molar-refractivity contribution in [3.8, 4) is 0 Å². The molecule has 0 radical (unpaired) electrons. The second-order valence-electron chi connectivity index (χ2n) is 1.01. The lowest BCUT2D eigenvalue weighted by molar-refractivity contribution is -1.37. The van der Waals surface area contributed by atoms with Gasteiger partial charge in [0.2, 0.25) is 0 Å². The number of rotatable bonds is 1. The normalized spacial score (nSPS) is 10.3. The van der Waals surface area contributed by atoms with Crippen LogP contribution in [0.5, 0.6) is 0 Å². The predicted octanol–water partition coefficient (Wildman–Crippen LogP) is -0.186. The van der Waals surface area contributed by atoms with Gasteiger partial charge in [-0.15, -0.1) is 15.6 Å². The smallest absolute Gasteiger partial charge is 0.174 e. The minimum atomic E-state index is -1.93. The van der Waals surface area contributed by atoms with Gasteiger partial charge in [0.15, 0.2) is 6.54 Å². The van der Waals surface area contributed by atoms with Crippen molar-refractivity contribution < 1.29 is 26.1 Å². The molecule has 0 aromatic heterocycles. The molecular formula is C2H9NO4. The van der Waals surface area contributed by atoms with E-state index in [1.54, 1.807) is 0 Å². The van der Waals surface area contributed by atoms with Crippen LogP contribution in [0, 0.1) is 0 Å². The fourth-order valence-corrected chi connectivity index (χ4v) is 0. The zero-order valence-corrected chi connectivity index (χ0v) is 3.94. The van der Waals surface area contributed by atoms with Gasteiger partial charge in [-0.25, -0.2) is 0 Å². The second-order valence-corrected chi connectivity index (χ2v) is 1.01. The fourth-order valence-electron chi connectivity index (χ4n) is 0. The Morgan fingerprint density at radius 1 is 1.29 bits per heavy atom. The van der Waals surface area contributed by atoms with Crippen molar-refractivity contribution in [1.29, 1.82) is 0 Å². The van der Waals surface area contributed by atoms with Gasteiger partial charge < -0.3 is 5.48 Å². The highest BCUT2D eigenvalue weighted by molar-refractivity contribution is 3.87. The summed E-state index contributed by atoms with van der Waals surface area (Å²) in [6.07, 6.45) is 0. The van der Waals surface area contributed by atoms with Crippen LogP contribution in [-0.4, -0.2) is 32.6 Å². The summed E-state index contributed by atoms with van der Waals surface area (Å²) < 4.78 is 0. The maximum Gasteiger partial charge on any atom is 0.174 e. The minimum Gasteiger partial charge on any atom is -0.870 e. The van der Waals surface area contributed by atoms with Gasteiger partial charge in [-0.05, 0) is 6.92 Å². The maximum absolute atomic E-state index is 7.88. The molecule has 0 heterocycles. The molecular weight excluding hydrogens is 102 g/mol. The quantitative estimate of drug-likeness (QED) is 0.323. The highest BCUT2D eigenvalue weighted by Gasteiger charge is 2.11. The molecule has 0 saturated carbocycles. The molecule has 0 fully saturated rings. The zero-order valence-electron chi connectivity index (χ0n) is 3.94. The van der Waals surface area contributed by atoms with Crippen molar-refractivity contribution in [3.63, 3.8) is 0 Å². The van der Waals surface area contributed by atoms with Crippen molar-refractivity contribution in [2.45, 2.75) is 6.92 Å². The lowest BCUT2D eigenvalue weighted by Crippen LogP contribution is -2.36. The van der Waals surface area contributed by atoms with Gasteiger partial charge in [0.1, 0.15) is 0 Å². The first kappa shape index (κ1) is 9.93. The molecule has 0 aromatic carbocycles. The van der Waals surface area contributed by atoms with E-state index in [9.17, 15) is 0 Å². The third-order valence-corrected chi connectivity index (χ3v) is 0.424. The van der Waals surface area contributed by atoms with E-state index in [0.717, 1.165) is 0 Å². The molecule has 0 amide bonds. The molecule has 0 aliphatic heterocycles. The van der Waals surface area contributed by atoms with Crippen LogP contribution >= 0.6 is 0 Å². The van der Waals surface area contributed by atoms with Crippen LogP contribution < -0.4 is 0 Å². The Morgan fingerprint density at radius 2 is 1.43 bits per heavy atom. The molecule has 0 saturated heterocycles. The van der Waals surface area contributed by atoms with Crippen LogP contribution in [0.2, 0.25) is 0 Å². The van der Waals surface area contributed by atoms with Crippen LogP contribution in [0.1, 0.15) is 6.92 Å². The van der Waals surface area contributed by atoms with E-state index in [2.05, 4.69) is 0 Å². The van der Waals surface area contributed by atoms with Crippen molar-refractivity contribution >= 4 is 0 Å². The maximum atomic E-state index is 7.88. The lowest BCUT2D eigenvalue weighted by Gasteiger charge is -2.06. The Morgan fingerprint density at radius 3 is 1.43 bits per heavy atom. The van der Waals surface area contributed by atoms with Crippen molar-refractivity contribution in [2.75, 3.05) is 6.54 Å². The average Bonchev–Trinajstić information content (AvgIpc) is 1.35. The Kier molecular flexibility index (Phi) is 4.10. The number of quaternary nitrogens is 1. The van der Waals surface area contributed by atoms with Crippen molar-refractivity contribution in [3.05, 3.63) is 0 Å². The Balaban J connectivity index is 0. The predicted molar refractivity (Wildman–Crippen MR) is 18.1 cm³/mol. The summed E-state index contributed by atoms with van der Waals surface area (Å²) in [7, 11) is 0. The first-order chi connectivity index (χ1) is 2.56. The van der Waals surface area contributed by atoms with E-state index in [1.165, 1.54) is 6.92 Å². The standard InChI is InChI=1S/C2H8NO3.H2O/c1-2-3(4,5)6;/h4-6H,2H2,1H3;1H2/q+1;/p-1. The summed E-state index contributed by atoms with van der Waals surface area (Å²) in [6.45, 7) is 1.31. The molecule has 0 aromatic rings. The van der Waals surface area contributed by atoms with E-state index < -0.39 is 4.97 Å². The molecule has 4 N–H and O–H groups in total. The summed E-state index contributed by atoms with van der Waals surface area (Å²) in [4.78, 5) is -1.93. The van der Waals surface area contributed by atoms with Crippen molar-refractivity contribution in [1.82, 2.24) is 0 Å². The highest BCUT2D eigenvalue weighted by atomic mass is 17.1. The van der Waals surface area contributed by atoms with Crippen LogP contribution in [-0.2, 0) is 0 Å². The van der Waals surface area contributed by atoms with E-state index in [-0.39, 0.29) is 12.0 Å². The molecule has 0 bridgehead atoms. The zero-order chi connectivity index (χ0) is 5.21. The molecule has 0 aliphatic carbocycles. The van der Waals surface area contributed by atoms with Crippen LogP contribution in [0.4, 0.5) is 0 Å². The van der Waals surface area contributed by atoms with Gasteiger partial charge in [-0.1, -0.05) is 0 Å². The number of hydrogen-bond acceptors (Lipinski definition) is 4. The van der Waals surface area contributed by atoms with Crippen LogP contribution in [0.15, 0.2) is 0 Å². The third-order valence-electron chi connectivity index (χ3n) is 0.424. The van der Waals surface area contributed by atoms with Crippen LogP contribution in [0.3, 0.4) is 0 Å². The SMILES string of the molecule is CC[N+](O)(O)O.[OH-]. The number of hydrogen-bond donors (Lipinski definition) is 3. The Bertz CT molecular complexity index is 39.4. The summed E-state index contributed by atoms with van der Waals surface area (Å²) >= 11 is 0. The van der Waals surface area contributed by atoms with Gasteiger partial charge in [0.05, 0.1) is 4.97 Å². The van der Waals surface area contributed by atoms with E-state index >= 15 is 0 Å². The molecule has 0 spiro atoms. The Hall–Kier alpha value is -0.200. The average molecular weight is 111 g/mol. The largest absolute Gasteiger partial charge is 0.870 e. The molecule has 5 nitrogen and oxygen atoms in total. The number of hydroxylamine groups is 3. The first-order valence-electron chi connectivity index (χ1n) is 1.62. The van der Waals surface area contributed by atoms with Gasteiger partial charge in [-0.3, -0.25) is 0 Å². The van der Waals surface area contributed by atoms with Gasteiger partial charge >= 0.3 is 0 Å². The summed E-state index contributed by atoms with van der Waals surface area (Å²) in [5, 5.41) is 23.6. The summed E-state index contributed by atoms with van der Waals surface area (Å²) in [5.41, 5.74) is 0. The second kappa shape index (κ2) is 2.89. The Labute approximate surface area is 40.8 Å². The van der Waals surface area contributed by atoms with Gasteiger partial charge in [-0.2, -0.15) is 0 Å². The summed E-state index contributed by atoms with van der Waals surface area (Å²) in [6, 6.07) is 0. The van der Waals surface area contributed by atoms with E-state index in [1.807, 2.05) is 0 Å². The minimum absolute atomic E-state index is 0. The molecule has 46 valence electrons. The monoisotopic (exact) mass is 111 g/mol. The van der Waals surface area contributed by atoms with Gasteiger partial charge in [0, 0.05) is 0 Å². The molecule has 5 heteroatoms. The number of nitrogens with zero attached hydrogens (tertiary/aromatic N) is 1. The van der Waals surface area contributed by atoms with Gasteiger partial charge in [0.25, 0.3) is 0 Å². The molecule has 0 unspecified atom stereocenters.